The molecule has 0 spiro atoms. The number of halogens is 1. The largest absolute Gasteiger partial charge is 0.326 e. The highest BCUT2D eigenvalue weighted by Crippen LogP contribution is 2.28. The molecule has 0 heterocycles. The topological polar surface area (TPSA) is 63.4 Å². The Kier molecular flexibility index (Phi) is 6.01. The first-order valence-corrected chi connectivity index (χ1v) is 8.58. The maximum atomic E-state index is 12.8. The van der Waals surface area contributed by atoms with E-state index in [0.717, 1.165) is 18.4 Å². The second kappa shape index (κ2) is 6.89. The van der Waals surface area contributed by atoms with E-state index in [0.29, 0.717) is 10.6 Å². The van der Waals surface area contributed by atoms with E-state index in [1.807, 2.05) is 13.8 Å². The third-order valence-electron chi connectivity index (χ3n) is 3.77. The summed E-state index contributed by atoms with van der Waals surface area (Å²) in [4.78, 5) is 0.250. The Morgan fingerprint density at radius 3 is 2.30 bits per heavy atom. The molecule has 114 valence electrons. The molecule has 0 fully saturated rings. The highest BCUT2D eigenvalue weighted by atomic mass is 35.5. The van der Waals surface area contributed by atoms with E-state index in [9.17, 15) is 8.42 Å². The van der Waals surface area contributed by atoms with Gasteiger partial charge in [0.2, 0.25) is 10.0 Å². The molecule has 0 saturated carbocycles. The number of nitrogens with two attached hydrogens (primary N) is 1. The van der Waals surface area contributed by atoms with E-state index < -0.39 is 10.0 Å². The summed E-state index contributed by atoms with van der Waals surface area (Å²) < 4.78 is 27.0. The van der Waals surface area contributed by atoms with Crippen LogP contribution in [0.1, 0.15) is 37.8 Å². The summed E-state index contributed by atoms with van der Waals surface area (Å²) in [6.45, 7) is 6.00. The fourth-order valence-electron chi connectivity index (χ4n) is 2.34. The van der Waals surface area contributed by atoms with Gasteiger partial charge in [-0.1, -0.05) is 25.4 Å². The van der Waals surface area contributed by atoms with Gasteiger partial charge < -0.3 is 5.73 Å². The molecule has 1 aromatic carbocycles. The standard InChI is InChI=1S/C14H23ClN2O2S/c1-5-13(6-2)17(4)20(18,19)14-8-12(15)7-11(9-16)10(14)3/h7-8,13H,5-6,9,16H2,1-4H3. The third-order valence-corrected chi connectivity index (χ3v) is 6.02. The van der Waals surface area contributed by atoms with Crippen molar-refractivity contribution in [1.29, 1.82) is 0 Å². The van der Waals surface area contributed by atoms with Crippen LogP contribution in [0.5, 0.6) is 0 Å². The van der Waals surface area contributed by atoms with Gasteiger partial charge in [0.15, 0.2) is 0 Å². The molecule has 0 saturated heterocycles. The Morgan fingerprint density at radius 1 is 1.30 bits per heavy atom. The molecule has 1 rings (SSSR count). The summed E-state index contributed by atoms with van der Waals surface area (Å²) in [6.07, 6.45) is 1.55. The minimum atomic E-state index is -3.55. The first-order valence-electron chi connectivity index (χ1n) is 6.76. The van der Waals surface area contributed by atoms with E-state index in [1.54, 1.807) is 20.0 Å². The lowest BCUT2D eigenvalue weighted by molar-refractivity contribution is 0.349. The Balaban J connectivity index is 3.39. The average Bonchev–Trinajstić information content (AvgIpc) is 2.41. The van der Waals surface area contributed by atoms with Crippen molar-refractivity contribution >= 4 is 21.6 Å². The molecule has 0 aromatic heterocycles. The van der Waals surface area contributed by atoms with Crippen LogP contribution in [0.15, 0.2) is 17.0 Å². The zero-order chi connectivity index (χ0) is 15.5. The molecule has 0 amide bonds. The SMILES string of the molecule is CCC(CC)N(C)S(=O)(=O)c1cc(Cl)cc(CN)c1C. The fourth-order valence-corrected chi connectivity index (χ4v) is 4.44. The van der Waals surface area contributed by atoms with Crippen molar-refractivity contribution in [3.63, 3.8) is 0 Å². The summed E-state index contributed by atoms with van der Waals surface area (Å²) in [6, 6.07) is 3.21. The zero-order valence-corrected chi connectivity index (χ0v) is 14.1. The molecule has 0 bridgehead atoms. The van der Waals surface area contributed by atoms with Crippen molar-refractivity contribution < 1.29 is 8.42 Å². The molecule has 20 heavy (non-hydrogen) atoms. The lowest BCUT2D eigenvalue weighted by atomic mass is 10.1. The van der Waals surface area contributed by atoms with Crippen LogP contribution < -0.4 is 5.73 Å². The highest BCUT2D eigenvalue weighted by Gasteiger charge is 2.28. The van der Waals surface area contributed by atoms with E-state index in [-0.39, 0.29) is 17.5 Å². The van der Waals surface area contributed by atoms with E-state index in [1.165, 1.54) is 10.4 Å². The lowest BCUT2D eigenvalue weighted by Gasteiger charge is -2.26. The summed E-state index contributed by atoms with van der Waals surface area (Å²) in [5.74, 6) is 0. The number of hydrogen-bond donors (Lipinski definition) is 1. The lowest BCUT2D eigenvalue weighted by Crippen LogP contribution is -2.36. The van der Waals surface area contributed by atoms with Gasteiger partial charge in [0.25, 0.3) is 0 Å². The molecule has 0 radical (unpaired) electrons. The quantitative estimate of drug-likeness (QED) is 0.877. The molecule has 2 N–H and O–H groups in total. The second-order valence-electron chi connectivity index (χ2n) is 4.88. The number of hydrogen-bond acceptors (Lipinski definition) is 3. The van der Waals surface area contributed by atoms with Crippen molar-refractivity contribution in [2.45, 2.75) is 51.1 Å². The molecule has 0 aliphatic rings. The third kappa shape index (κ3) is 3.34. The first-order chi connectivity index (χ1) is 9.29. The summed E-state index contributed by atoms with van der Waals surface area (Å²) in [5.41, 5.74) is 7.09. The summed E-state index contributed by atoms with van der Waals surface area (Å²) in [5, 5.41) is 0.396. The predicted octanol–water partition coefficient (Wildman–Crippen LogP) is 2.92. The van der Waals surface area contributed by atoms with Gasteiger partial charge in [-0.3, -0.25) is 0 Å². The smallest absolute Gasteiger partial charge is 0.243 e. The van der Waals surface area contributed by atoms with Crippen molar-refractivity contribution in [2.24, 2.45) is 5.73 Å². The van der Waals surface area contributed by atoms with Crippen LogP contribution >= 0.6 is 11.6 Å². The molecule has 0 unspecified atom stereocenters. The molecule has 1 aromatic rings. The predicted molar refractivity (Wildman–Crippen MR) is 83.4 cm³/mol. The fraction of sp³-hybridized carbons (Fsp3) is 0.571. The van der Waals surface area contributed by atoms with Gasteiger partial charge in [-0.2, -0.15) is 4.31 Å². The van der Waals surface area contributed by atoms with E-state index in [2.05, 4.69) is 0 Å². The van der Waals surface area contributed by atoms with E-state index in [4.69, 9.17) is 17.3 Å². The van der Waals surface area contributed by atoms with Crippen LogP contribution in [0, 0.1) is 6.92 Å². The van der Waals surface area contributed by atoms with Gasteiger partial charge in [0, 0.05) is 24.7 Å². The van der Waals surface area contributed by atoms with Crippen molar-refractivity contribution in [1.82, 2.24) is 4.31 Å². The average molecular weight is 319 g/mol. The van der Waals surface area contributed by atoms with E-state index >= 15 is 0 Å². The van der Waals surface area contributed by atoms with Crippen LogP contribution in [0.25, 0.3) is 0 Å². The van der Waals surface area contributed by atoms with Crippen molar-refractivity contribution in [2.75, 3.05) is 7.05 Å². The van der Waals surface area contributed by atoms with Crippen LogP contribution in [0.3, 0.4) is 0 Å². The summed E-state index contributed by atoms with van der Waals surface area (Å²) in [7, 11) is -1.93. The monoisotopic (exact) mass is 318 g/mol. The maximum absolute atomic E-state index is 12.8. The number of benzene rings is 1. The number of nitrogens with zero attached hydrogens (tertiary/aromatic N) is 1. The molecule has 0 atom stereocenters. The Hall–Kier alpha value is -0.620. The van der Waals surface area contributed by atoms with Gasteiger partial charge in [-0.25, -0.2) is 8.42 Å². The Morgan fingerprint density at radius 2 is 1.85 bits per heavy atom. The minimum Gasteiger partial charge on any atom is -0.326 e. The van der Waals surface area contributed by atoms with Crippen molar-refractivity contribution in [3.8, 4) is 0 Å². The van der Waals surface area contributed by atoms with Gasteiger partial charge in [0.05, 0.1) is 4.90 Å². The van der Waals surface area contributed by atoms with Gasteiger partial charge in [-0.15, -0.1) is 0 Å². The van der Waals surface area contributed by atoms with Crippen LogP contribution in [-0.2, 0) is 16.6 Å². The minimum absolute atomic E-state index is 0.0142. The van der Waals surface area contributed by atoms with Crippen molar-refractivity contribution in [3.05, 3.63) is 28.3 Å². The maximum Gasteiger partial charge on any atom is 0.243 e. The number of rotatable bonds is 6. The molecular weight excluding hydrogens is 296 g/mol. The molecular formula is C14H23ClN2O2S. The zero-order valence-electron chi connectivity index (χ0n) is 12.5. The number of sulfonamides is 1. The Labute approximate surface area is 127 Å². The van der Waals surface area contributed by atoms with Gasteiger partial charge >= 0.3 is 0 Å². The van der Waals surface area contributed by atoms with Crippen LogP contribution in [-0.4, -0.2) is 25.8 Å². The highest BCUT2D eigenvalue weighted by molar-refractivity contribution is 7.89. The van der Waals surface area contributed by atoms with Crippen LogP contribution in [0.4, 0.5) is 0 Å². The normalized spacial score (nSPS) is 12.4. The Bertz CT molecular complexity index is 569. The molecule has 4 nitrogen and oxygen atoms in total. The van der Waals surface area contributed by atoms with Crippen LogP contribution in [0.2, 0.25) is 5.02 Å². The molecule has 0 aliphatic heterocycles. The van der Waals surface area contributed by atoms with Gasteiger partial charge in [0.1, 0.15) is 0 Å². The second-order valence-corrected chi connectivity index (χ2v) is 7.29. The molecule has 0 aliphatic carbocycles. The molecule has 6 heteroatoms. The first kappa shape index (κ1) is 17.4. The summed E-state index contributed by atoms with van der Waals surface area (Å²) >= 11 is 6.02. The van der Waals surface area contributed by atoms with Gasteiger partial charge in [-0.05, 0) is 43.0 Å².